The molecule has 24 heavy (non-hydrogen) atoms. The van der Waals surface area contributed by atoms with Crippen molar-refractivity contribution in [3.8, 4) is 5.75 Å². The fourth-order valence-corrected chi connectivity index (χ4v) is 3.32. The molecule has 2 aromatic rings. The lowest BCUT2D eigenvalue weighted by atomic mass is 9.92. The van der Waals surface area contributed by atoms with Crippen LogP contribution in [0.4, 0.5) is 0 Å². The molecule has 0 saturated heterocycles. The van der Waals surface area contributed by atoms with Gasteiger partial charge < -0.3 is 14.8 Å². The molecule has 2 atom stereocenters. The molecule has 2 N–H and O–H groups in total. The molecule has 0 amide bonds. The number of esters is 1. The number of nitrogens with one attached hydrogen (secondary N) is 2. The summed E-state index contributed by atoms with van der Waals surface area (Å²) in [5.74, 6) is 0.724. The van der Waals surface area contributed by atoms with Crippen LogP contribution in [0.3, 0.4) is 0 Å². The average molecular weight is 331 g/mol. The molecule has 3 rings (SSSR count). The van der Waals surface area contributed by atoms with E-state index in [9.17, 15) is 4.79 Å². The SMILES string of the molecule is CCOC(=O)CN[C@H]1CCC[C@@H](Oc2ccc3[nH]ncc3c2C)C1. The standard InChI is InChI=1S/C18H25N3O3/c1-3-23-18(22)11-19-13-5-4-6-14(9-13)24-17-8-7-16-15(12(17)2)10-20-21-16/h7-8,10,13-14,19H,3-6,9,11H2,1-2H3,(H,20,21)/t13-,14+/m0/s1. The summed E-state index contributed by atoms with van der Waals surface area (Å²) in [6, 6.07) is 4.31. The van der Waals surface area contributed by atoms with E-state index in [1.54, 1.807) is 0 Å². The smallest absolute Gasteiger partial charge is 0.319 e. The van der Waals surface area contributed by atoms with Crippen LogP contribution in [0.2, 0.25) is 0 Å². The predicted octanol–water partition coefficient (Wildman–Crippen LogP) is 2.71. The summed E-state index contributed by atoms with van der Waals surface area (Å²) in [5.41, 5.74) is 2.14. The zero-order chi connectivity index (χ0) is 16.9. The minimum absolute atomic E-state index is 0.168. The van der Waals surface area contributed by atoms with Crippen molar-refractivity contribution in [3.05, 3.63) is 23.9 Å². The molecule has 1 aliphatic rings. The van der Waals surface area contributed by atoms with E-state index in [0.717, 1.165) is 47.9 Å². The van der Waals surface area contributed by atoms with E-state index in [4.69, 9.17) is 9.47 Å². The minimum atomic E-state index is -0.193. The van der Waals surface area contributed by atoms with Crippen molar-refractivity contribution >= 4 is 16.9 Å². The number of aromatic amines is 1. The monoisotopic (exact) mass is 331 g/mol. The van der Waals surface area contributed by atoms with Crippen molar-refractivity contribution in [2.45, 2.75) is 51.7 Å². The molecule has 1 aromatic carbocycles. The number of H-pyrrole nitrogens is 1. The Kier molecular flexibility index (Phi) is 5.35. The Bertz CT molecular complexity index is 698. The van der Waals surface area contributed by atoms with E-state index in [-0.39, 0.29) is 18.6 Å². The lowest BCUT2D eigenvalue weighted by Gasteiger charge is -2.30. The fourth-order valence-electron chi connectivity index (χ4n) is 3.32. The third-order valence-corrected chi connectivity index (χ3v) is 4.60. The average Bonchev–Trinajstić information content (AvgIpc) is 3.06. The number of fused-ring (bicyclic) bond motifs is 1. The van der Waals surface area contributed by atoms with Crippen molar-refractivity contribution in [2.24, 2.45) is 0 Å². The Morgan fingerprint density at radius 3 is 3.12 bits per heavy atom. The first-order chi connectivity index (χ1) is 11.7. The van der Waals surface area contributed by atoms with Gasteiger partial charge in [-0.15, -0.1) is 0 Å². The number of hydrogen-bond acceptors (Lipinski definition) is 5. The molecule has 6 nitrogen and oxygen atoms in total. The Balaban J connectivity index is 1.58. The van der Waals surface area contributed by atoms with Crippen LogP contribution in [0, 0.1) is 6.92 Å². The van der Waals surface area contributed by atoms with Gasteiger partial charge in [0.25, 0.3) is 0 Å². The summed E-state index contributed by atoms with van der Waals surface area (Å²) in [6.07, 6.45) is 6.11. The van der Waals surface area contributed by atoms with Crippen LogP contribution in [0.5, 0.6) is 5.75 Å². The highest BCUT2D eigenvalue weighted by Gasteiger charge is 2.24. The van der Waals surface area contributed by atoms with Crippen molar-refractivity contribution in [1.82, 2.24) is 15.5 Å². The first-order valence-corrected chi connectivity index (χ1v) is 8.65. The van der Waals surface area contributed by atoms with E-state index < -0.39 is 0 Å². The first-order valence-electron chi connectivity index (χ1n) is 8.65. The summed E-state index contributed by atoms with van der Waals surface area (Å²) in [5, 5.41) is 11.5. The van der Waals surface area contributed by atoms with Crippen molar-refractivity contribution in [1.29, 1.82) is 0 Å². The van der Waals surface area contributed by atoms with Gasteiger partial charge in [-0.05, 0) is 51.7 Å². The second-order valence-electron chi connectivity index (χ2n) is 6.31. The lowest BCUT2D eigenvalue weighted by molar-refractivity contribution is -0.142. The van der Waals surface area contributed by atoms with Crippen LogP contribution < -0.4 is 10.1 Å². The maximum absolute atomic E-state index is 11.5. The zero-order valence-corrected chi connectivity index (χ0v) is 14.3. The third-order valence-electron chi connectivity index (χ3n) is 4.60. The number of carbonyl (C=O) groups excluding carboxylic acids is 1. The second kappa shape index (κ2) is 7.66. The third kappa shape index (κ3) is 3.87. The molecule has 1 heterocycles. The fraction of sp³-hybridized carbons (Fsp3) is 0.556. The van der Waals surface area contributed by atoms with Gasteiger partial charge >= 0.3 is 5.97 Å². The number of ether oxygens (including phenoxy) is 2. The predicted molar refractivity (Wildman–Crippen MR) is 92.1 cm³/mol. The first kappa shape index (κ1) is 16.8. The van der Waals surface area contributed by atoms with Gasteiger partial charge in [-0.1, -0.05) is 0 Å². The summed E-state index contributed by atoms with van der Waals surface area (Å²) in [4.78, 5) is 11.5. The van der Waals surface area contributed by atoms with Crippen LogP contribution in [0.25, 0.3) is 10.9 Å². The summed E-state index contributed by atoms with van der Waals surface area (Å²) < 4.78 is 11.2. The largest absolute Gasteiger partial charge is 0.490 e. The normalized spacial score (nSPS) is 20.9. The highest BCUT2D eigenvalue weighted by Crippen LogP contribution is 2.29. The molecule has 0 radical (unpaired) electrons. The molecular formula is C18H25N3O3. The highest BCUT2D eigenvalue weighted by atomic mass is 16.5. The molecule has 1 fully saturated rings. The van der Waals surface area contributed by atoms with E-state index in [2.05, 4.69) is 22.4 Å². The van der Waals surface area contributed by atoms with Crippen molar-refractivity contribution in [2.75, 3.05) is 13.2 Å². The summed E-state index contributed by atoms with van der Waals surface area (Å²) in [7, 11) is 0. The molecule has 0 spiro atoms. The maximum Gasteiger partial charge on any atom is 0.319 e. The molecule has 130 valence electrons. The number of carbonyl (C=O) groups is 1. The number of rotatable bonds is 6. The molecular weight excluding hydrogens is 306 g/mol. The van der Waals surface area contributed by atoms with Crippen LogP contribution in [-0.2, 0) is 9.53 Å². The molecule has 1 saturated carbocycles. The van der Waals surface area contributed by atoms with Gasteiger partial charge in [-0.3, -0.25) is 9.89 Å². The van der Waals surface area contributed by atoms with Gasteiger partial charge in [0, 0.05) is 17.0 Å². The number of aryl methyl sites for hydroxylation is 1. The number of aromatic nitrogens is 2. The van der Waals surface area contributed by atoms with Gasteiger partial charge in [0.1, 0.15) is 11.9 Å². The van der Waals surface area contributed by atoms with E-state index in [1.165, 1.54) is 0 Å². The number of nitrogens with zero attached hydrogens (tertiary/aromatic N) is 1. The van der Waals surface area contributed by atoms with Crippen molar-refractivity contribution < 1.29 is 14.3 Å². The quantitative estimate of drug-likeness (QED) is 0.796. The second-order valence-corrected chi connectivity index (χ2v) is 6.31. The summed E-state index contributed by atoms with van der Waals surface area (Å²) in [6.45, 7) is 4.58. The highest BCUT2D eigenvalue weighted by molar-refractivity contribution is 5.83. The Morgan fingerprint density at radius 2 is 2.29 bits per heavy atom. The van der Waals surface area contributed by atoms with Gasteiger partial charge in [-0.25, -0.2) is 0 Å². The zero-order valence-electron chi connectivity index (χ0n) is 14.3. The molecule has 0 aliphatic heterocycles. The summed E-state index contributed by atoms with van der Waals surface area (Å²) >= 11 is 0. The van der Waals surface area contributed by atoms with Crippen LogP contribution in [0.15, 0.2) is 18.3 Å². The Labute approximate surface area is 141 Å². The topological polar surface area (TPSA) is 76.2 Å². The van der Waals surface area contributed by atoms with E-state index in [0.29, 0.717) is 12.6 Å². The van der Waals surface area contributed by atoms with Crippen molar-refractivity contribution in [3.63, 3.8) is 0 Å². The van der Waals surface area contributed by atoms with Gasteiger partial charge in [0.05, 0.1) is 24.9 Å². The molecule has 6 heteroatoms. The number of benzene rings is 1. The molecule has 1 aromatic heterocycles. The molecule has 0 unspecified atom stereocenters. The molecule has 1 aliphatic carbocycles. The number of hydrogen-bond donors (Lipinski definition) is 2. The lowest BCUT2D eigenvalue weighted by Crippen LogP contribution is -2.40. The van der Waals surface area contributed by atoms with Crippen LogP contribution >= 0.6 is 0 Å². The Morgan fingerprint density at radius 1 is 1.42 bits per heavy atom. The van der Waals surface area contributed by atoms with Gasteiger partial charge in [0.2, 0.25) is 0 Å². The van der Waals surface area contributed by atoms with Crippen LogP contribution in [-0.4, -0.2) is 41.5 Å². The molecule has 0 bridgehead atoms. The van der Waals surface area contributed by atoms with Gasteiger partial charge in [-0.2, -0.15) is 5.10 Å². The maximum atomic E-state index is 11.5. The van der Waals surface area contributed by atoms with Gasteiger partial charge in [0.15, 0.2) is 0 Å². The van der Waals surface area contributed by atoms with E-state index >= 15 is 0 Å². The Hall–Kier alpha value is -2.08. The minimum Gasteiger partial charge on any atom is -0.490 e. The van der Waals surface area contributed by atoms with Crippen LogP contribution in [0.1, 0.15) is 38.2 Å². The van der Waals surface area contributed by atoms with E-state index in [1.807, 2.05) is 25.3 Å².